The number of nitrogens with one attached hydrogen (secondary N) is 2. The van der Waals surface area contributed by atoms with Gasteiger partial charge in [-0.2, -0.15) is 0 Å². The Balaban J connectivity index is 2.17. The minimum atomic E-state index is -0.108. The standard InChI is InChI=1S/C17H23N3O2/c1-11-7-6-8-12(15(11)16(21)18-5)19-10-14-20-9-13(22-14)17(2,3)4/h6-9,19H,10H2,1-5H3,(H,18,21). The number of hydrogen-bond donors (Lipinski definition) is 2. The topological polar surface area (TPSA) is 67.2 Å². The van der Waals surface area contributed by atoms with Crippen LogP contribution >= 0.6 is 0 Å². The Labute approximate surface area is 131 Å². The van der Waals surface area contributed by atoms with E-state index in [0.29, 0.717) is 18.0 Å². The Morgan fingerprint density at radius 2 is 2.05 bits per heavy atom. The fourth-order valence-corrected chi connectivity index (χ4v) is 2.15. The van der Waals surface area contributed by atoms with Crippen molar-refractivity contribution in [3.8, 4) is 0 Å². The van der Waals surface area contributed by atoms with Gasteiger partial charge in [0.05, 0.1) is 18.3 Å². The van der Waals surface area contributed by atoms with E-state index in [9.17, 15) is 4.79 Å². The molecule has 0 aliphatic carbocycles. The second-order valence-corrected chi connectivity index (χ2v) is 6.30. The van der Waals surface area contributed by atoms with Crippen molar-refractivity contribution in [3.05, 3.63) is 47.2 Å². The molecule has 0 aliphatic heterocycles. The van der Waals surface area contributed by atoms with Crippen molar-refractivity contribution in [2.45, 2.75) is 39.7 Å². The molecule has 0 aliphatic rings. The van der Waals surface area contributed by atoms with Crippen molar-refractivity contribution in [2.75, 3.05) is 12.4 Å². The number of anilines is 1. The SMILES string of the molecule is CNC(=O)c1c(C)cccc1NCc1ncc(C(C)(C)C)o1. The van der Waals surface area contributed by atoms with Gasteiger partial charge in [-0.3, -0.25) is 4.79 Å². The molecule has 0 spiro atoms. The summed E-state index contributed by atoms with van der Waals surface area (Å²) in [7, 11) is 1.63. The lowest BCUT2D eigenvalue weighted by Crippen LogP contribution is -2.21. The van der Waals surface area contributed by atoms with Gasteiger partial charge < -0.3 is 15.1 Å². The fraction of sp³-hybridized carbons (Fsp3) is 0.412. The number of nitrogens with zero attached hydrogens (tertiary/aromatic N) is 1. The molecular formula is C17H23N3O2. The normalized spacial score (nSPS) is 11.3. The lowest BCUT2D eigenvalue weighted by atomic mass is 9.94. The van der Waals surface area contributed by atoms with Gasteiger partial charge in [0.25, 0.3) is 5.91 Å². The number of carbonyl (C=O) groups excluding carboxylic acids is 1. The number of aromatic nitrogens is 1. The van der Waals surface area contributed by atoms with E-state index in [1.807, 2.05) is 25.1 Å². The highest BCUT2D eigenvalue weighted by Crippen LogP contribution is 2.24. The summed E-state index contributed by atoms with van der Waals surface area (Å²) in [6.07, 6.45) is 1.76. The highest BCUT2D eigenvalue weighted by atomic mass is 16.4. The summed E-state index contributed by atoms with van der Waals surface area (Å²) in [4.78, 5) is 16.3. The van der Waals surface area contributed by atoms with Gasteiger partial charge in [0.1, 0.15) is 5.76 Å². The van der Waals surface area contributed by atoms with Crippen LogP contribution in [0.1, 0.15) is 48.3 Å². The van der Waals surface area contributed by atoms with E-state index in [0.717, 1.165) is 17.0 Å². The number of carbonyl (C=O) groups is 1. The molecule has 1 aromatic heterocycles. The zero-order valence-corrected chi connectivity index (χ0v) is 13.8. The highest BCUT2D eigenvalue weighted by Gasteiger charge is 2.19. The third-order valence-corrected chi connectivity index (χ3v) is 3.45. The molecule has 1 heterocycles. The van der Waals surface area contributed by atoms with E-state index in [-0.39, 0.29) is 11.3 Å². The molecule has 0 atom stereocenters. The van der Waals surface area contributed by atoms with Gasteiger partial charge in [0, 0.05) is 18.2 Å². The maximum absolute atomic E-state index is 12.0. The van der Waals surface area contributed by atoms with Gasteiger partial charge in [-0.1, -0.05) is 32.9 Å². The van der Waals surface area contributed by atoms with E-state index < -0.39 is 0 Å². The number of rotatable bonds is 4. The summed E-state index contributed by atoms with van der Waals surface area (Å²) in [5.41, 5.74) is 2.27. The average Bonchev–Trinajstić information content (AvgIpc) is 2.93. The van der Waals surface area contributed by atoms with E-state index in [1.54, 1.807) is 13.2 Å². The van der Waals surface area contributed by atoms with Crippen molar-refractivity contribution in [2.24, 2.45) is 0 Å². The molecule has 0 bridgehead atoms. The van der Waals surface area contributed by atoms with Crippen molar-refractivity contribution < 1.29 is 9.21 Å². The van der Waals surface area contributed by atoms with Crippen molar-refractivity contribution >= 4 is 11.6 Å². The Kier molecular flexibility index (Phi) is 4.54. The second kappa shape index (κ2) is 6.22. The van der Waals surface area contributed by atoms with Crippen molar-refractivity contribution in [1.29, 1.82) is 0 Å². The highest BCUT2D eigenvalue weighted by molar-refractivity contribution is 6.00. The Morgan fingerprint density at radius 3 is 2.64 bits per heavy atom. The molecule has 2 rings (SSSR count). The maximum atomic E-state index is 12.0. The zero-order chi connectivity index (χ0) is 16.3. The van der Waals surface area contributed by atoms with Gasteiger partial charge in [-0.15, -0.1) is 0 Å². The Morgan fingerprint density at radius 1 is 1.32 bits per heavy atom. The quantitative estimate of drug-likeness (QED) is 0.909. The lowest BCUT2D eigenvalue weighted by molar-refractivity contribution is 0.0963. The molecule has 0 saturated carbocycles. The molecule has 0 unspecified atom stereocenters. The molecule has 1 amide bonds. The van der Waals surface area contributed by atoms with Gasteiger partial charge in [-0.25, -0.2) is 4.98 Å². The summed E-state index contributed by atoms with van der Waals surface area (Å²) in [5.74, 6) is 1.35. The minimum absolute atomic E-state index is 0.0676. The van der Waals surface area contributed by atoms with Gasteiger partial charge >= 0.3 is 0 Å². The molecule has 2 N–H and O–H groups in total. The van der Waals surface area contributed by atoms with Crippen LogP contribution < -0.4 is 10.6 Å². The van der Waals surface area contributed by atoms with Crippen LogP contribution in [0.15, 0.2) is 28.8 Å². The number of oxazole rings is 1. The molecule has 118 valence electrons. The first-order valence-electron chi connectivity index (χ1n) is 7.33. The summed E-state index contributed by atoms with van der Waals surface area (Å²) >= 11 is 0. The molecular weight excluding hydrogens is 278 g/mol. The zero-order valence-electron chi connectivity index (χ0n) is 13.8. The van der Waals surface area contributed by atoms with Crippen LogP contribution in [-0.2, 0) is 12.0 Å². The number of hydrogen-bond acceptors (Lipinski definition) is 4. The first-order chi connectivity index (χ1) is 10.3. The molecule has 0 saturated heterocycles. The Bertz CT molecular complexity index is 669. The van der Waals surface area contributed by atoms with Crippen molar-refractivity contribution in [3.63, 3.8) is 0 Å². The largest absolute Gasteiger partial charge is 0.443 e. The van der Waals surface area contributed by atoms with Gasteiger partial charge in [0.2, 0.25) is 5.89 Å². The smallest absolute Gasteiger partial charge is 0.253 e. The molecule has 22 heavy (non-hydrogen) atoms. The van der Waals surface area contributed by atoms with E-state index in [1.165, 1.54) is 0 Å². The summed E-state index contributed by atoms with van der Waals surface area (Å²) < 4.78 is 5.75. The number of amides is 1. The maximum Gasteiger partial charge on any atom is 0.253 e. The summed E-state index contributed by atoms with van der Waals surface area (Å²) in [6, 6.07) is 5.71. The van der Waals surface area contributed by atoms with Crippen LogP contribution in [0.3, 0.4) is 0 Å². The van der Waals surface area contributed by atoms with Crippen LogP contribution in [0.25, 0.3) is 0 Å². The first kappa shape index (κ1) is 16.1. The van der Waals surface area contributed by atoms with Crippen LogP contribution in [0, 0.1) is 6.92 Å². The third-order valence-electron chi connectivity index (χ3n) is 3.45. The predicted molar refractivity (Wildman–Crippen MR) is 87.1 cm³/mol. The summed E-state index contributed by atoms with van der Waals surface area (Å²) in [6.45, 7) is 8.58. The third kappa shape index (κ3) is 3.47. The van der Waals surface area contributed by atoms with Gasteiger partial charge in [-0.05, 0) is 18.6 Å². The van der Waals surface area contributed by atoms with Crippen molar-refractivity contribution in [1.82, 2.24) is 10.3 Å². The molecule has 2 aromatic rings. The van der Waals surface area contributed by atoms with Crippen LogP contribution in [0.4, 0.5) is 5.69 Å². The molecule has 5 nitrogen and oxygen atoms in total. The number of benzene rings is 1. The van der Waals surface area contributed by atoms with Crippen LogP contribution in [-0.4, -0.2) is 17.9 Å². The Hall–Kier alpha value is -2.30. The fourth-order valence-electron chi connectivity index (χ4n) is 2.15. The summed E-state index contributed by atoms with van der Waals surface area (Å²) in [5, 5.41) is 5.90. The van der Waals surface area contributed by atoms with E-state index in [4.69, 9.17) is 4.42 Å². The van der Waals surface area contributed by atoms with Gasteiger partial charge in [0.15, 0.2) is 0 Å². The number of aryl methyl sites for hydroxylation is 1. The lowest BCUT2D eigenvalue weighted by Gasteiger charge is -2.14. The molecule has 0 radical (unpaired) electrons. The minimum Gasteiger partial charge on any atom is -0.443 e. The van der Waals surface area contributed by atoms with E-state index >= 15 is 0 Å². The molecule has 1 aromatic carbocycles. The predicted octanol–water partition coefficient (Wildman–Crippen LogP) is 3.25. The second-order valence-electron chi connectivity index (χ2n) is 6.30. The first-order valence-corrected chi connectivity index (χ1v) is 7.33. The van der Waals surface area contributed by atoms with Crippen LogP contribution in [0.2, 0.25) is 0 Å². The van der Waals surface area contributed by atoms with E-state index in [2.05, 4.69) is 36.4 Å². The average molecular weight is 301 g/mol. The van der Waals surface area contributed by atoms with Crippen LogP contribution in [0.5, 0.6) is 0 Å². The molecule has 0 fully saturated rings. The molecule has 5 heteroatoms. The monoisotopic (exact) mass is 301 g/mol.